The summed E-state index contributed by atoms with van der Waals surface area (Å²) in [5, 5.41) is 16.4. The van der Waals surface area contributed by atoms with Crippen LogP contribution in [0, 0.1) is 5.92 Å². The zero-order chi connectivity index (χ0) is 24.9. The maximum atomic E-state index is 13.1. The second-order valence-corrected chi connectivity index (χ2v) is 8.25. The summed E-state index contributed by atoms with van der Waals surface area (Å²) in [6.07, 6.45) is -0.290. The smallest absolute Gasteiger partial charge is 0.408 e. The van der Waals surface area contributed by atoms with Crippen molar-refractivity contribution in [2.24, 2.45) is 5.92 Å². The van der Waals surface area contributed by atoms with Gasteiger partial charge in [0.25, 0.3) is 0 Å². The highest BCUT2D eigenvalue weighted by atomic mass is 16.5. The summed E-state index contributed by atoms with van der Waals surface area (Å²) in [4.78, 5) is 48.8. The summed E-state index contributed by atoms with van der Waals surface area (Å²) >= 11 is 0. The van der Waals surface area contributed by atoms with Crippen molar-refractivity contribution in [3.05, 3.63) is 71.8 Å². The topological polar surface area (TPSA) is 134 Å². The van der Waals surface area contributed by atoms with E-state index in [1.54, 1.807) is 0 Å². The second-order valence-electron chi connectivity index (χ2n) is 8.25. The largest absolute Gasteiger partial charge is 0.480 e. The van der Waals surface area contributed by atoms with Gasteiger partial charge in [0, 0.05) is 6.42 Å². The molecule has 0 saturated heterocycles. The lowest BCUT2D eigenvalue weighted by atomic mass is 10.0. The van der Waals surface area contributed by atoms with Crippen LogP contribution in [-0.2, 0) is 32.1 Å². The third-order valence-corrected chi connectivity index (χ3v) is 4.86. The van der Waals surface area contributed by atoms with Crippen molar-refractivity contribution in [1.29, 1.82) is 0 Å². The molecular weight excluding hydrogens is 438 g/mol. The van der Waals surface area contributed by atoms with E-state index < -0.39 is 42.5 Å². The van der Waals surface area contributed by atoms with Gasteiger partial charge in [-0.1, -0.05) is 74.5 Å². The predicted octanol–water partition coefficient (Wildman–Crippen LogP) is 2.26. The molecule has 3 amide bonds. The van der Waals surface area contributed by atoms with Crippen molar-refractivity contribution in [3.63, 3.8) is 0 Å². The minimum atomic E-state index is -1.19. The van der Waals surface area contributed by atoms with Crippen LogP contribution in [0.25, 0.3) is 0 Å². The number of ether oxygens (including phenoxy) is 1. The molecule has 0 aliphatic carbocycles. The fourth-order valence-electron chi connectivity index (χ4n) is 3.23. The van der Waals surface area contributed by atoms with Gasteiger partial charge in [-0.2, -0.15) is 0 Å². The van der Waals surface area contributed by atoms with Crippen molar-refractivity contribution in [2.75, 3.05) is 6.54 Å². The van der Waals surface area contributed by atoms with Gasteiger partial charge in [0.1, 0.15) is 25.2 Å². The summed E-state index contributed by atoms with van der Waals surface area (Å²) in [6, 6.07) is 16.3. The van der Waals surface area contributed by atoms with Crippen LogP contribution in [0.1, 0.15) is 31.4 Å². The van der Waals surface area contributed by atoms with Crippen molar-refractivity contribution >= 4 is 23.9 Å². The highest BCUT2D eigenvalue weighted by Gasteiger charge is 2.28. The summed E-state index contributed by atoms with van der Waals surface area (Å²) in [5.74, 6) is -2.31. The Morgan fingerprint density at radius 1 is 0.824 bits per heavy atom. The zero-order valence-corrected chi connectivity index (χ0v) is 19.3. The van der Waals surface area contributed by atoms with E-state index in [2.05, 4.69) is 16.0 Å². The van der Waals surface area contributed by atoms with Crippen LogP contribution in [0.15, 0.2) is 60.7 Å². The van der Waals surface area contributed by atoms with E-state index in [-0.39, 0.29) is 18.9 Å². The minimum Gasteiger partial charge on any atom is -0.480 e. The Labute approximate surface area is 198 Å². The molecule has 2 aromatic rings. The first-order valence-electron chi connectivity index (χ1n) is 11.1. The molecule has 0 unspecified atom stereocenters. The third-order valence-electron chi connectivity index (χ3n) is 4.86. The fraction of sp³-hybridized carbons (Fsp3) is 0.360. The number of aliphatic carboxylic acids is 1. The Morgan fingerprint density at radius 2 is 1.41 bits per heavy atom. The number of carboxylic acids is 1. The van der Waals surface area contributed by atoms with Gasteiger partial charge < -0.3 is 25.8 Å². The van der Waals surface area contributed by atoms with Crippen molar-refractivity contribution in [1.82, 2.24) is 16.0 Å². The van der Waals surface area contributed by atoms with Crippen LogP contribution >= 0.6 is 0 Å². The number of hydrogen-bond donors (Lipinski definition) is 4. The van der Waals surface area contributed by atoms with E-state index >= 15 is 0 Å². The van der Waals surface area contributed by atoms with Crippen molar-refractivity contribution in [2.45, 2.75) is 45.4 Å². The van der Waals surface area contributed by atoms with Crippen LogP contribution < -0.4 is 16.0 Å². The molecule has 4 N–H and O–H groups in total. The maximum absolute atomic E-state index is 13.1. The third kappa shape index (κ3) is 9.72. The molecule has 9 nitrogen and oxygen atoms in total. The molecule has 0 bridgehead atoms. The Balaban J connectivity index is 2.10. The number of carboxylic acid groups (broad SMARTS) is 1. The van der Waals surface area contributed by atoms with Gasteiger partial charge >= 0.3 is 12.1 Å². The predicted molar refractivity (Wildman–Crippen MR) is 126 cm³/mol. The molecular formula is C25H31N3O6. The number of amides is 3. The van der Waals surface area contributed by atoms with E-state index in [4.69, 9.17) is 9.84 Å². The molecule has 9 heteroatoms. The molecule has 2 atom stereocenters. The summed E-state index contributed by atoms with van der Waals surface area (Å²) in [6.45, 7) is 3.25. The highest BCUT2D eigenvalue weighted by molar-refractivity contribution is 5.92. The first-order chi connectivity index (χ1) is 16.2. The molecule has 2 aromatic carbocycles. The number of carbonyl (C=O) groups is 4. The zero-order valence-electron chi connectivity index (χ0n) is 19.3. The fourth-order valence-corrected chi connectivity index (χ4v) is 3.23. The normalized spacial score (nSPS) is 12.3. The number of nitrogens with one attached hydrogen (secondary N) is 3. The number of hydrogen-bond acceptors (Lipinski definition) is 5. The monoisotopic (exact) mass is 469 g/mol. The lowest BCUT2D eigenvalue weighted by Crippen LogP contribution is -2.55. The number of benzene rings is 2. The van der Waals surface area contributed by atoms with Crippen molar-refractivity contribution < 1.29 is 29.0 Å². The van der Waals surface area contributed by atoms with E-state index in [1.165, 1.54) is 0 Å². The van der Waals surface area contributed by atoms with Gasteiger partial charge in [-0.3, -0.25) is 14.4 Å². The molecule has 0 aliphatic rings. The van der Waals surface area contributed by atoms with Crippen molar-refractivity contribution in [3.8, 4) is 0 Å². The van der Waals surface area contributed by atoms with E-state index in [0.29, 0.717) is 6.42 Å². The van der Waals surface area contributed by atoms with E-state index in [1.807, 2.05) is 74.5 Å². The average molecular weight is 470 g/mol. The minimum absolute atomic E-state index is 0.0416. The molecule has 0 radical (unpaired) electrons. The average Bonchev–Trinajstić information content (AvgIpc) is 2.81. The number of alkyl carbamates (subject to hydrolysis) is 1. The van der Waals surface area contributed by atoms with E-state index in [0.717, 1.165) is 11.1 Å². The molecule has 2 rings (SSSR count). The molecule has 0 aliphatic heterocycles. The lowest BCUT2D eigenvalue weighted by molar-refractivity contribution is -0.138. The van der Waals surface area contributed by atoms with Crippen LogP contribution in [-0.4, -0.2) is 47.6 Å². The Kier molecular flexibility index (Phi) is 10.6. The lowest BCUT2D eigenvalue weighted by Gasteiger charge is -2.24. The van der Waals surface area contributed by atoms with Crippen LogP contribution in [0.2, 0.25) is 0 Å². The molecule has 182 valence electrons. The quantitative estimate of drug-likeness (QED) is 0.377. The number of rotatable bonds is 12. The standard InChI is InChI=1S/C25H31N3O6/c1-17(2)13-20(23(31)26-15-22(29)30)27-24(32)21(14-18-9-5-3-6-10-18)28-25(33)34-16-19-11-7-4-8-12-19/h3-12,17,20-21H,13-16H2,1-2H3,(H,26,31)(H,27,32)(H,28,33)(H,29,30)/t20-,21-/m0/s1. The van der Waals surface area contributed by atoms with Gasteiger partial charge in [0.2, 0.25) is 11.8 Å². The summed E-state index contributed by atoms with van der Waals surface area (Å²) in [7, 11) is 0. The first-order valence-corrected chi connectivity index (χ1v) is 11.1. The molecule has 0 heterocycles. The first kappa shape index (κ1) is 26.4. The highest BCUT2D eigenvalue weighted by Crippen LogP contribution is 2.09. The molecule has 0 saturated carbocycles. The molecule has 0 aromatic heterocycles. The van der Waals surface area contributed by atoms with Gasteiger partial charge in [0.15, 0.2) is 0 Å². The van der Waals surface area contributed by atoms with Gasteiger partial charge in [-0.25, -0.2) is 4.79 Å². The van der Waals surface area contributed by atoms with Crippen LogP contribution in [0.4, 0.5) is 4.79 Å². The van der Waals surface area contributed by atoms with E-state index in [9.17, 15) is 19.2 Å². The van der Waals surface area contributed by atoms with Gasteiger partial charge in [0.05, 0.1) is 0 Å². The summed E-state index contributed by atoms with van der Waals surface area (Å²) in [5.41, 5.74) is 1.61. The maximum Gasteiger partial charge on any atom is 0.408 e. The Hall–Kier alpha value is -3.88. The molecule has 0 fully saturated rings. The Bertz CT molecular complexity index is 950. The molecule has 0 spiro atoms. The second kappa shape index (κ2) is 13.6. The number of carbonyl (C=O) groups excluding carboxylic acids is 3. The van der Waals surface area contributed by atoms with Gasteiger partial charge in [-0.05, 0) is 23.5 Å². The molecule has 34 heavy (non-hydrogen) atoms. The van der Waals surface area contributed by atoms with Gasteiger partial charge in [-0.15, -0.1) is 0 Å². The van der Waals surface area contributed by atoms with Crippen LogP contribution in [0.5, 0.6) is 0 Å². The summed E-state index contributed by atoms with van der Waals surface area (Å²) < 4.78 is 5.25. The van der Waals surface area contributed by atoms with Crippen LogP contribution in [0.3, 0.4) is 0 Å². The SMILES string of the molecule is CC(C)C[C@H](NC(=O)[C@H](Cc1ccccc1)NC(=O)OCc1ccccc1)C(=O)NCC(=O)O. The Morgan fingerprint density at radius 3 is 1.97 bits per heavy atom.